The number of nitrogens with zero attached hydrogens (tertiary/aromatic N) is 4. The predicted molar refractivity (Wildman–Crippen MR) is 190 cm³/mol. The number of aliphatic hydroxyl groups is 3. The average molecular weight is 898 g/mol. The fourth-order valence-corrected chi connectivity index (χ4v) is 8.30. The highest BCUT2D eigenvalue weighted by atomic mass is 32.2. The maximum atomic E-state index is 12.7. The van der Waals surface area contributed by atoms with Crippen molar-refractivity contribution in [2.45, 2.75) is 69.9 Å². The molecule has 3 rings (SSSR count). The van der Waals surface area contributed by atoms with Gasteiger partial charge in [-0.2, -0.15) is 4.31 Å². The lowest BCUT2D eigenvalue weighted by Crippen LogP contribution is -2.46. The Morgan fingerprint density at radius 3 is 2.33 bits per heavy atom. The number of ether oxygens (including phenoxy) is 1. The van der Waals surface area contributed by atoms with Crippen LogP contribution in [0.25, 0.3) is 11.2 Å². The van der Waals surface area contributed by atoms with E-state index in [0.717, 1.165) is 17.2 Å². The molecule has 0 aromatic carbocycles. The summed E-state index contributed by atoms with van der Waals surface area (Å²) in [7, 11) is -16.5. The Morgan fingerprint density at radius 2 is 1.68 bits per heavy atom. The molecule has 2 aromatic rings. The highest BCUT2D eigenvalue weighted by molar-refractivity contribution is 8.13. The van der Waals surface area contributed by atoms with Gasteiger partial charge in [-0.1, -0.05) is 25.6 Å². The molecule has 1 fully saturated rings. The molecule has 12 N–H and O–H groups in total. The highest BCUT2D eigenvalue weighted by Gasteiger charge is 2.50. The van der Waals surface area contributed by atoms with Crippen LogP contribution in [-0.2, 0) is 55.5 Å². The zero-order valence-corrected chi connectivity index (χ0v) is 33.4. The van der Waals surface area contributed by atoms with Gasteiger partial charge in [-0.05, 0) is 6.42 Å². The number of carbonyl (C=O) groups excluding carboxylic acids is 3. The minimum absolute atomic E-state index is 0.00320. The summed E-state index contributed by atoms with van der Waals surface area (Å²) < 4.78 is 61.9. The number of hydrogen-bond acceptors (Lipinski definition) is 20. The third-order valence-electron chi connectivity index (χ3n) is 7.65. The molecule has 0 bridgehead atoms. The van der Waals surface area contributed by atoms with Crippen molar-refractivity contribution in [2.24, 2.45) is 5.41 Å². The Labute approximate surface area is 326 Å². The van der Waals surface area contributed by atoms with E-state index in [1.807, 2.05) is 0 Å². The summed E-state index contributed by atoms with van der Waals surface area (Å²) in [6.45, 7) is 0.0486. The summed E-state index contributed by atoms with van der Waals surface area (Å²) in [6, 6.07) is 0. The molecule has 8 atom stereocenters. The zero-order chi connectivity index (χ0) is 42.9. The van der Waals surface area contributed by atoms with E-state index in [1.165, 1.54) is 13.8 Å². The van der Waals surface area contributed by atoms with Crippen molar-refractivity contribution in [2.75, 3.05) is 37.8 Å². The van der Waals surface area contributed by atoms with Crippen LogP contribution >= 0.6 is 35.2 Å². The number of anilines is 1. The first-order valence-corrected chi connectivity index (χ1v) is 21.8. The molecular formula is C26H42N7O20P3S. The number of nitrogen functional groups attached to an aromatic ring is 1. The van der Waals surface area contributed by atoms with Gasteiger partial charge in [0, 0.05) is 37.1 Å². The van der Waals surface area contributed by atoms with Gasteiger partial charge in [0.1, 0.15) is 42.4 Å². The molecule has 3 heterocycles. The van der Waals surface area contributed by atoms with E-state index in [-0.39, 0.29) is 48.7 Å². The van der Waals surface area contributed by atoms with E-state index in [2.05, 4.69) is 34.4 Å². The van der Waals surface area contributed by atoms with Gasteiger partial charge < -0.3 is 61.1 Å². The lowest BCUT2D eigenvalue weighted by atomic mass is 9.87. The first kappa shape index (κ1) is 48.4. The fourth-order valence-electron chi connectivity index (χ4n) is 4.76. The SMILES string of the molecule is CC(C)(COP(=O)(O)OP(=O)(O)OCC1OC(n2cnc3c(N)ncnc32)C(O)C1OP(=O)(O)O)C(O)C(=O)NCCC(=O)NCCSC(=O)C(O)CCC(=O)O. The Kier molecular flexibility index (Phi) is 17.2. The fraction of sp³-hybridized carbons (Fsp3) is 0.654. The first-order chi connectivity index (χ1) is 26.3. The number of aliphatic hydroxyl groups excluding tert-OH is 3. The van der Waals surface area contributed by atoms with Gasteiger partial charge in [-0.25, -0.2) is 28.6 Å². The second-order valence-electron chi connectivity index (χ2n) is 12.7. The molecule has 322 valence electrons. The summed E-state index contributed by atoms with van der Waals surface area (Å²) in [4.78, 5) is 97.7. The molecule has 1 aliphatic heterocycles. The van der Waals surface area contributed by atoms with Crippen LogP contribution in [0.3, 0.4) is 0 Å². The van der Waals surface area contributed by atoms with E-state index >= 15 is 0 Å². The second-order valence-corrected chi connectivity index (χ2v) is 18.0. The summed E-state index contributed by atoms with van der Waals surface area (Å²) in [5, 5.41) is 43.7. The van der Waals surface area contributed by atoms with Crippen LogP contribution in [0.1, 0.15) is 39.3 Å². The minimum Gasteiger partial charge on any atom is -0.481 e. The smallest absolute Gasteiger partial charge is 0.481 e. The van der Waals surface area contributed by atoms with E-state index < -0.39 is 108 Å². The molecule has 0 aliphatic carbocycles. The van der Waals surface area contributed by atoms with Gasteiger partial charge >= 0.3 is 29.4 Å². The number of fused-ring (bicyclic) bond motifs is 1. The number of phosphoric ester groups is 3. The summed E-state index contributed by atoms with van der Waals surface area (Å²) in [5.41, 5.74) is 4.17. The number of nitrogens with one attached hydrogen (secondary N) is 2. The number of thioether (sulfide) groups is 1. The van der Waals surface area contributed by atoms with E-state index in [0.29, 0.717) is 11.8 Å². The number of amides is 2. The predicted octanol–water partition coefficient (Wildman–Crippen LogP) is -2.11. The van der Waals surface area contributed by atoms with Gasteiger partial charge in [0.2, 0.25) is 16.9 Å². The zero-order valence-electron chi connectivity index (χ0n) is 29.9. The Bertz CT molecular complexity index is 1900. The Morgan fingerprint density at radius 1 is 1.02 bits per heavy atom. The van der Waals surface area contributed by atoms with Gasteiger partial charge in [0.15, 0.2) is 17.7 Å². The van der Waals surface area contributed by atoms with Crippen molar-refractivity contribution in [1.82, 2.24) is 30.2 Å². The molecule has 2 aromatic heterocycles. The van der Waals surface area contributed by atoms with Crippen LogP contribution < -0.4 is 16.4 Å². The minimum atomic E-state index is -5.60. The summed E-state index contributed by atoms with van der Waals surface area (Å²) in [5.74, 6) is -2.76. The standard InChI is InChI=1S/C26H42N7O20P3S/c1-26(2,20(39)23(40)29-6-5-15(35)28-7-8-57-25(41)13(34)3-4-16(36)37)10-50-56(47,48)53-55(45,46)49-9-14-19(52-54(42,43)44)18(38)24(51-14)33-12-32-17-21(27)30-11-31-22(17)33/h11-14,18-20,24,34,38-39H,3-10H2,1-2H3,(H,28,35)(H,29,40)(H,36,37)(H,45,46)(H,47,48)(H2,27,30,31)(H2,42,43,44). The van der Waals surface area contributed by atoms with Crippen molar-refractivity contribution in [3.63, 3.8) is 0 Å². The van der Waals surface area contributed by atoms with Crippen molar-refractivity contribution >= 4 is 75.1 Å². The van der Waals surface area contributed by atoms with Crippen molar-refractivity contribution < 1.29 is 95.5 Å². The normalized spacial score (nSPS) is 22.0. The topological polar surface area (TPSA) is 421 Å². The molecule has 0 spiro atoms. The molecule has 57 heavy (non-hydrogen) atoms. The molecule has 1 saturated heterocycles. The monoisotopic (exact) mass is 897 g/mol. The van der Waals surface area contributed by atoms with E-state index in [9.17, 15) is 67.8 Å². The molecule has 0 radical (unpaired) electrons. The summed E-state index contributed by atoms with van der Waals surface area (Å²) >= 11 is 0.687. The van der Waals surface area contributed by atoms with E-state index in [4.69, 9.17) is 24.6 Å². The first-order valence-electron chi connectivity index (χ1n) is 16.3. The number of carbonyl (C=O) groups is 4. The summed E-state index contributed by atoms with van der Waals surface area (Å²) in [6.07, 6.45) is -9.31. The van der Waals surface area contributed by atoms with Crippen LogP contribution in [0.4, 0.5) is 5.82 Å². The number of rotatable bonds is 23. The van der Waals surface area contributed by atoms with Gasteiger partial charge in [0.25, 0.3) is 0 Å². The van der Waals surface area contributed by atoms with Crippen LogP contribution in [0.5, 0.6) is 0 Å². The number of carboxylic acids is 1. The molecule has 27 nitrogen and oxygen atoms in total. The van der Waals surface area contributed by atoms with Crippen molar-refractivity contribution in [3.05, 3.63) is 12.7 Å². The third-order valence-corrected chi connectivity index (χ3v) is 11.7. The van der Waals surface area contributed by atoms with Crippen LogP contribution in [0.2, 0.25) is 0 Å². The van der Waals surface area contributed by atoms with Crippen LogP contribution in [0, 0.1) is 5.41 Å². The number of phosphoric acid groups is 3. The maximum Gasteiger partial charge on any atom is 0.481 e. The highest BCUT2D eigenvalue weighted by Crippen LogP contribution is 2.61. The van der Waals surface area contributed by atoms with Crippen LogP contribution in [-0.4, -0.2) is 145 Å². The average Bonchev–Trinajstić information content (AvgIpc) is 3.66. The Balaban J connectivity index is 1.47. The lowest BCUT2D eigenvalue weighted by Gasteiger charge is -2.30. The van der Waals surface area contributed by atoms with Gasteiger partial charge in [0.05, 0.1) is 19.5 Å². The molecule has 0 saturated carbocycles. The second kappa shape index (κ2) is 20.3. The maximum absolute atomic E-state index is 12.7. The molecule has 8 unspecified atom stereocenters. The van der Waals surface area contributed by atoms with E-state index in [1.54, 1.807) is 0 Å². The molecular weight excluding hydrogens is 855 g/mol. The quantitative estimate of drug-likeness (QED) is 0.0420. The third kappa shape index (κ3) is 15.0. The Hall–Kier alpha value is -3.01. The van der Waals surface area contributed by atoms with Crippen molar-refractivity contribution in [3.8, 4) is 0 Å². The number of imidazole rings is 1. The number of aliphatic carboxylic acids is 1. The number of carboxylic acid groups (broad SMARTS) is 1. The number of nitrogens with two attached hydrogens (primary N) is 1. The number of hydrogen-bond donors (Lipinski definition) is 11. The van der Waals surface area contributed by atoms with Crippen molar-refractivity contribution in [1.29, 1.82) is 0 Å². The lowest BCUT2D eigenvalue weighted by molar-refractivity contribution is -0.138. The number of aromatic nitrogens is 4. The van der Waals surface area contributed by atoms with Gasteiger partial charge in [-0.3, -0.25) is 37.3 Å². The van der Waals surface area contributed by atoms with Crippen LogP contribution in [0.15, 0.2) is 12.7 Å². The van der Waals surface area contributed by atoms with Gasteiger partial charge in [-0.15, -0.1) is 0 Å². The largest absolute Gasteiger partial charge is 0.481 e. The molecule has 2 amide bonds. The molecule has 31 heteroatoms. The molecule has 1 aliphatic rings.